The van der Waals surface area contributed by atoms with Crippen molar-refractivity contribution in [3.05, 3.63) is 11.1 Å². The average molecular weight is 443 g/mol. The minimum Gasteiger partial charge on any atom is -0.393 e. The molecule has 5 fully saturated rings. The Morgan fingerprint density at radius 2 is 1.75 bits per heavy atom. The predicted molar refractivity (Wildman–Crippen MR) is 127 cm³/mol. The van der Waals surface area contributed by atoms with Gasteiger partial charge in [0, 0.05) is 11.8 Å². The van der Waals surface area contributed by atoms with Crippen LogP contribution in [0.4, 0.5) is 0 Å². The van der Waals surface area contributed by atoms with Crippen molar-refractivity contribution in [1.82, 2.24) is 0 Å². The number of aliphatic hydroxyl groups is 2. The van der Waals surface area contributed by atoms with Crippen molar-refractivity contribution in [2.24, 2.45) is 46.3 Å². The molecule has 32 heavy (non-hydrogen) atoms. The fraction of sp³-hybridized carbons (Fsp3) is 0.931. The Balaban J connectivity index is 1.25. The zero-order valence-electron chi connectivity index (χ0n) is 21.1. The van der Waals surface area contributed by atoms with Crippen molar-refractivity contribution in [2.45, 2.75) is 123 Å². The molecule has 1 spiro atoms. The van der Waals surface area contributed by atoms with Crippen LogP contribution < -0.4 is 0 Å². The van der Waals surface area contributed by atoms with E-state index in [1.54, 1.807) is 5.57 Å². The summed E-state index contributed by atoms with van der Waals surface area (Å²) < 4.78 is 6.36. The van der Waals surface area contributed by atoms with Crippen molar-refractivity contribution in [3.8, 4) is 0 Å². The fourth-order valence-corrected chi connectivity index (χ4v) is 9.92. The molecule has 1 aliphatic heterocycles. The van der Waals surface area contributed by atoms with E-state index in [0.29, 0.717) is 5.92 Å². The number of fused-ring (bicyclic) bond motifs is 3. The molecule has 5 aliphatic carbocycles. The summed E-state index contributed by atoms with van der Waals surface area (Å²) in [5.41, 5.74) is 3.10. The van der Waals surface area contributed by atoms with E-state index in [4.69, 9.17) is 4.74 Å². The summed E-state index contributed by atoms with van der Waals surface area (Å²) in [5, 5.41) is 21.9. The molecule has 4 saturated carbocycles. The Labute approximate surface area is 195 Å². The highest BCUT2D eigenvalue weighted by Crippen LogP contribution is 2.72. The molecule has 6 rings (SSSR count). The summed E-state index contributed by atoms with van der Waals surface area (Å²) >= 11 is 0. The van der Waals surface area contributed by atoms with Crippen LogP contribution in [0.2, 0.25) is 0 Å². The molecule has 2 N–H and O–H groups in total. The van der Waals surface area contributed by atoms with Crippen molar-refractivity contribution in [2.75, 3.05) is 0 Å². The van der Waals surface area contributed by atoms with Crippen LogP contribution in [-0.2, 0) is 4.74 Å². The maximum absolute atomic E-state index is 11.5. The van der Waals surface area contributed by atoms with Crippen LogP contribution in [-0.4, -0.2) is 34.1 Å². The van der Waals surface area contributed by atoms with Crippen LogP contribution in [0.25, 0.3) is 0 Å². The molecule has 1 heterocycles. The minimum absolute atomic E-state index is 0.0820. The molecular weight excluding hydrogens is 396 g/mol. The first-order valence-electron chi connectivity index (χ1n) is 13.9. The Morgan fingerprint density at radius 3 is 2.47 bits per heavy atom. The summed E-state index contributed by atoms with van der Waals surface area (Å²) in [5.74, 6) is 4.80. The fourth-order valence-electron chi connectivity index (χ4n) is 9.92. The smallest absolute Gasteiger partial charge is 0.118 e. The maximum atomic E-state index is 11.5. The number of ether oxygens (including phenoxy) is 1. The second-order valence-electron chi connectivity index (χ2n) is 13.7. The quantitative estimate of drug-likeness (QED) is 0.413. The van der Waals surface area contributed by atoms with E-state index in [1.807, 2.05) is 0 Å². The largest absolute Gasteiger partial charge is 0.393 e. The summed E-state index contributed by atoms with van der Waals surface area (Å²) in [6.45, 7) is 12.4. The normalized spacial score (nSPS) is 55.4. The van der Waals surface area contributed by atoms with E-state index in [1.165, 1.54) is 50.5 Å². The first-order chi connectivity index (χ1) is 15.1. The lowest BCUT2D eigenvalue weighted by Crippen LogP contribution is -2.57. The molecule has 12 atom stereocenters. The van der Waals surface area contributed by atoms with Gasteiger partial charge in [-0.2, -0.15) is 0 Å². The van der Waals surface area contributed by atoms with Gasteiger partial charge in [-0.3, -0.25) is 0 Å². The molecule has 180 valence electrons. The van der Waals surface area contributed by atoms with Gasteiger partial charge in [0.05, 0.1) is 6.10 Å². The van der Waals surface area contributed by atoms with Gasteiger partial charge >= 0.3 is 0 Å². The van der Waals surface area contributed by atoms with Crippen LogP contribution in [0, 0.1) is 46.3 Å². The number of aliphatic hydroxyl groups excluding tert-OH is 2. The Kier molecular flexibility index (Phi) is 4.89. The van der Waals surface area contributed by atoms with E-state index >= 15 is 0 Å². The van der Waals surface area contributed by atoms with E-state index in [9.17, 15) is 10.2 Å². The van der Waals surface area contributed by atoms with Gasteiger partial charge in [-0.15, -0.1) is 0 Å². The highest BCUT2D eigenvalue weighted by Gasteiger charge is 2.77. The molecule has 6 aliphatic rings. The second kappa shape index (κ2) is 7.08. The van der Waals surface area contributed by atoms with E-state index in [-0.39, 0.29) is 28.6 Å². The van der Waals surface area contributed by atoms with E-state index < -0.39 is 6.10 Å². The molecule has 0 aromatic rings. The highest BCUT2D eigenvalue weighted by atomic mass is 16.6. The highest BCUT2D eigenvalue weighted by molar-refractivity contribution is 5.43. The van der Waals surface area contributed by atoms with Crippen LogP contribution >= 0.6 is 0 Å². The molecule has 1 saturated heterocycles. The maximum Gasteiger partial charge on any atom is 0.118 e. The van der Waals surface area contributed by atoms with Crippen LogP contribution in [0.5, 0.6) is 0 Å². The number of epoxide rings is 1. The minimum atomic E-state index is -0.446. The Hall–Kier alpha value is -0.380. The number of allylic oxidation sites excluding steroid dienone is 1. The lowest BCUT2D eigenvalue weighted by Gasteiger charge is -2.56. The monoisotopic (exact) mass is 442 g/mol. The number of hydrogen-bond acceptors (Lipinski definition) is 3. The third kappa shape index (κ3) is 2.83. The van der Waals surface area contributed by atoms with Gasteiger partial charge < -0.3 is 14.9 Å². The average Bonchev–Trinajstić information content (AvgIpc) is 3.63. The van der Waals surface area contributed by atoms with Crippen LogP contribution in [0.3, 0.4) is 0 Å². The second-order valence-corrected chi connectivity index (χ2v) is 13.7. The summed E-state index contributed by atoms with van der Waals surface area (Å²) in [6.07, 6.45) is 11.0. The molecule has 3 heteroatoms. The molecule has 0 aromatic heterocycles. The number of rotatable bonds is 5. The first-order valence-corrected chi connectivity index (χ1v) is 13.9. The molecule has 2 unspecified atom stereocenters. The van der Waals surface area contributed by atoms with Crippen LogP contribution in [0.15, 0.2) is 11.1 Å². The molecule has 3 nitrogen and oxygen atoms in total. The standard InChI is InChI=1S/C29H46O3/c1-16(20-14-18(20)3)6-7-17(2)21-8-9-22-24-23(11-12-27(21,22)4)28(5)13-10-19(30)15-29(28)26(32-29)25(24)31/h16-21,23,25-26,30-31H,6-15H2,1-5H3/t16-,17-,18-,19+,20+,21?,23?,25+,26+,27-,28-,29+/m1/s1. The summed E-state index contributed by atoms with van der Waals surface area (Å²) in [4.78, 5) is 0. The molecule has 0 bridgehead atoms. The lowest BCUT2D eigenvalue weighted by molar-refractivity contribution is -0.0516. The van der Waals surface area contributed by atoms with Crippen molar-refractivity contribution in [1.29, 1.82) is 0 Å². The van der Waals surface area contributed by atoms with Crippen molar-refractivity contribution in [3.63, 3.8) is 0 Å². The van der Waals surface area contributed by atoms with Crippen molar-refractivity contribution < 1.29 is 14.9 Å². The summed E-state index contributed by atoms with van der Waals surface area (Å²) in [6, 6.07) is 0. The molecule has 0 aromatic carbocycles. The third-order valence-corrected chi connectivity index (χ3v) is 12.2. The van der Waals surface area contributed by atoms with Gasteiger partial charge in [0.1, 0.15) is 17.8 Å². The van der Waals surface area contributed by atoms with Gasteiger partial charge in [0.15, 0.2) is 0 Å². The van der Waals surface area contributed by atoms with Gasteiger partial charge in [-0.1, -0.05) is 53.0 Å². The van der Waals surface area contributed by atoms with Gasteiger partial charge in [0.25, 0.3) is 0 Å². The van der Waals surface area contributed by atoms with E-state index in [0.717, 1.165) is 48.9 Å². The Bertz CT molecular complexity index is 819. The van der Waals surface area contributed by atoms with Crippen LogP contribution in [0.1, 0.15) is 98.8 Å². The molecule has 0 radical (unpaired) electrons. The first kappa shape index (κ1) is 22.1. The lowest BCUT2D eigenvalue weighted by atomic mass is 9.48. The van der Waals surface area contributed by atoms with Crippen molar-refractivity contribution >= 4 is 0 Å². The Morgan fingerprint density at radius 1 is 1.03 bits per heavy atom. The van der Waals surface area contributed by atoms with Gasteiger partial charge in [-0.25, -0.2) is 0 Å². The molecule has 0 amide bonds. The summed E-state index contributed by atoms with van der Waals surface area (Å²) in [7, 11) is 0. The topological polar surface area (TPSA) is 53.0 Å². The van der Waals surface area contributed by atoms with Gasteiger partial charge in [0.2, 0.25) is 0 Å². The molecular formula is C29H46O3. The SMILES string of the molecule is C[C@H](CC[C@@H](C)[C@@H]1C[C@H]1C)C1CCC2=C3C(CC[C@@]21C)[C@@]1(C)CC[C@H](O)C[C@@]12O[C@H]2[C@H]3O. The third-order valence-electron chi connectivity index (χ3n) is 12.2. The number of hydrogen-bond donors (Lipinski definition) is 2. The predicted octanol–water partition coefficient (Wildman–Crippen LogP) is 5.88. The zero-order valence-corrected chi connectivity index (χ0v) is 21.1. The zero-order chi connectivity index (χ0) is 22.6. The van der Waals surface area contributed by atoms with Gasteiger partial charge in [-0.05, 0) is 91.4 Å². The van der Waals surface area contributed by atoms with E-state index in [2.05, 4.69) is 34.6 Å².